The molecule has 0 amide bonds. The highest BCUT2D eigenvalue weighted by atomic mass is 16.7. The summed E-state index contributed by atoms with van der Waals surface area (Å²) >= 11 is 0. The SMILES string of the molecule is CC1CC[C@@]2(OC1)O[C@H]1C[C@H]3[C@@H]4CCC5CC(O)C(O)C[C@]5(C)C4=CC(=O)[C@]3(C)[C@H]1[C@@H]2C. The third-order valence-electron chi connectivity index (χ3n) is 11.2. The molecule has 3 saturated carbocycles. The molecule has 0 bridgehead atoms. The zero-order valence-electron chi connectivity index (χ0n) is 20.0. The number of carbonyl (C=O) groups excluding carboxylic acids is 1. The minimum atomic E-state index is -0.698. The quantitative estimate of drug-likeness (QED) is 0.593. The van der Waals surface area contributed by atoms with Crippen molar-refractivity contribution in [3.8, 4) is 0 Å². The van der Waals surface area contributed by atoms with Crippen molar-refractivity contribution in [2.24, 2.45) is 46.3 Å². The topological polar surface area (TPSA) is 76.0 Å². The van der Waals surface area contributed by atoms with Crippen molar-refractivity contribution in [1.29, 1.82) is 0 Å². The van der Waals surface area contributed by atoms with E-state index in [1.165, 1.54) is 5.57 Å². The summed E-state index contributed by atoms with van der Waals surface area (Å²) in [5.74, 6) is 1.77. The Morgan fingerprint density at radius 1 is 1.06 bits per heavy atom. The van der Waals surface area contributed by atoms with Crippen LogP contribution in [0.2, 0.25) is 0 Å². The second kappa shape index (κ2) is 6.90. The lowest BCUT2D eigenvalue weighted by Crippen LogP contribution is -2.55. The molecule has 2 saturated heterocycles. The molecule has 32 heavy (non-hydrogen) atoms. The van der Waals surface area contributed by atoms with Crippen LogP contribution < -0.4 is 0 Å². The van der Waals surface area contributed by atoms with Crippen LogP contribution in [0.15, 0.2) is 11.6 Å². The van der Waals surface area contributed by atoms with E-state index in [0.29, 0.717) is 36.5 Å². The van der Waals surface area contributed by atoms with Crippen LogP contribution in [0, 0.1) is 46.3 Å². The van der Waals surface area contributed by atoms with E-state index in [2.05, 4.69) is 27.7 Å². The van der Waals surface area contributed by atoms with Gasteiger partial charge in [0.2, 0.25) is 0 Å². The summed E-state index contributed by atoms with van der Waals surface area (Å²) in [6, 6.07) is 0. The van der Waals surface area contributed by atoms with E-state index in [1.807, 2.05) is 6.08 Å². The molecule has 0 aromatic rings. The highest BCUT2D eigenvalue weighted by molar-refractivity contribution is 5.97. The van der Waals surface area contributed by atoms with Crippen LogP contribution in [-0.4, -0.2) is 46.7 Å². The molecule has 0 radical (unpaired) electrons. The Labute approximate surface area is 191 Å². The van der Waals surface area contributed by atoms with Gasteiger partial charge in [-0.25, -0.2) is 0 Å². The zero-order chi connectivity index (χ0) is 22.6. The van der Waals surface area contributed by atoms with Gasteiger partial charge in [-0.1, -0.05) is 33.3 Å². The molecule has 1 spiro atoms. The standard InChI is InChI=1S/C27H40O5/c1-14-7-8-27(31-13-14)15(2)24-22(32-27)10-19-17-6-5-16-9-20(28)21(29)12-25(16,3)18(17)11-23(30)26(19,24)4/h11,14-17,19-22,24,28-29H,5-10,12-13H2,1-4H3/t14?,15-,16?,17+,19-,20?,21?,22-,24-,25-,26+,27+/m0/s1. The summed E-state index contributed by atoms with van der Waals surface area (Å²) in [5, 5.41) is 20.8. The van der Waals surface area contributed by atoms with Gasteiger partial charge in [-0.15, -0.1) is 0 Å². The predicted octanol–water partition coefficient (Wildman–Crippen LogP) is 3.86. The molecule has 5 nitrogen and oxygen atoms in total. The molecule has 5 fully saturated rings. The van der Waals surface area contributed by atoms with Crippen LogP contribution >= 0.6 is 0 Å². The van der Waals surface area contributed by atoms with Gasteiger partial charge >= 0.3 is 0 Å². The van der Waals surface area contributed by atoms with Crippen molar-refractivity contribution < 1.29 is 24.5 Å². The van der Waals surface area contributed by atoms with Crippen LogP contribution in [-0.2, 0) is 14.3 Å². The van der Waals surface area contributed by atoms with Crippen molar-refractivity contribution in [2.75, 3.05) is 6.61 Å². The van der Waals surface area contributed by atoms with E-state index in [1.54, 1.807) is 0 Å². The first-order valence-electron chi connectivity index (χ1n) is 13.0. The predicted molar refractivity (Wildman–Crippen MR) is 119 cm³/mol. The number of hydrogen-bond acceptors (Lipinski definition) is 5. The highest BCUT2D eigenvalue weighted by Gasteiger charge is 2.70. The Morgan fingerprint density at radius 3 is 2.56 bits per heavy atom. The minimum absolute atomic E-state index is 0.0920. The average molecular weight is 445 g/mol. The monoisotopic (exact) mass is 444 g/mol. The van der Waals surface area contributed by atoms with E-state index in [0.717, 1.165) is 38.7 Å². The first kappa shape index (κ1) is 21.8. The Hall–Kier alpha value is -0.750. The summed E-state index contributed by atoms with van der Waals surface area (Å²) in [7, 11) is 0. The van der Waals surface area contributed by atoms with Crippen LogP contribution in [0.3, 0.4) is 0 Å². The minimum Gasteiger partial charge on any atom is -0.390 e. The number of ether oxygens (including phenoxy) is 2. The lowest BCUT2D eigenvalue weighted by molar-refractivity contribution is -0.271. The number of carbonyl (C=O) groups is 1. The Balaban J connectivity index is 1.35. The fourth-order valence-corrected chi connectivity index (χ4v) is 9.32. The number of allylic oxidation sites excluding steroid dienone is 2. The summed E-state index contributed by atoms with van der Waals surface area (Å²) < 4.78 is 13.1. The fourth-order valence-electron chi connectivity index (χ4n) is 9.32. The molecular weight excluding hydrogens is 404 g/mol. The molecule has 12 atom stereocenters. The van der Waals surface area contributed by atoms with Crippen LogP contribution in [0.1, 0.15) is 72.6 Å². The molecule has 2 aliphatic heterocycles. The van der Waals surface area contributed by atoms with E-state index in [9.17, 15) is 15.0 Å². The molecule has 5 heteroatoms. The molecule has 2 heterocycles. The first-order valence-corrected chi connectivity index (χ1v) is 13.0. The van der Waals surface area contributed by atoms with Crippen LogP contribution in [0.25, 0.3) is 0 Å². The van der Waals surface area contributed by atoms with Gasteiger partial charge in [0.1, 0.15) is 0 Å². The third-order valence-corrected chi connectivity index (χ3v) is 11.2. The molecule has 6 aliphatic rings. The zero-order valence-corrected chi connectivity index (χ0v) is 20.0. The lowest BCUT2D eigenvalue weighted by atomic mass is 9.47. The van der Waals surface area contributed by atoms with E-state index in [-0.39, 0.29) is 29.1 Å². The second-order valence-electron chi connectivity index (χ2n) is 12.7. The third kappa shape index (κ3) is 2.63. The van der Waals surface area contributed by atoms with E-state index >= 15 is 0 Å². The summed E-state index contributed by atoms with van der Waals surface area (Å²) in [4.78, 5) is 13.9. The smallest absolute Gasteiger partial charge is 0.171 e. The van der Waals surface area contributed by atoms with Gasteiger partial charge in [-0.2, -0.15) is 0 Å². The average Bonchev–Trinajstić information content (AvgIpc) is 3.19. The maximum atomic E-state index is 13.9. The number of fused-ring (bicyclic) bond motifs is 7. The largest absolute Gasteiger partial charge is 0.390 e. The molecule has 178 valence electrons. The summed E-state index contributed by atoms with van der Waals surface area (Å²) in [6.45, 7) is 9.70. The van der Waals surface area contributed by atoms with Crippen molar-refractivity contribution in [3.05, 3.63) is 11.6 Å². The number of aliphatic hydroxyl groups excluding tert-OH is 2. The highest BCUT2D eigenvalue weighted by Crippen LogP contribution is 2.69. The van der Waals surface area contributed by atoms with Crippen LogP contribution in [0.5, 0.6) is 0 Å². The normalized spacial score (nSPS) is 59.2. The van der Waals surface area contributed by atoms with Crippen molar-refractivity contribution in [1.82, 2.24) is 0 Å². The maximum Gasteiger partial charge on any atom is 0.171 e. The van der Waals surface area contributed by atoms with E-state index in [4.69, 9.17) is 9.47 Å². The van der Waals surface area contributed by atoms with Gasteiger partial charge in [0.05, 0.1) is 24.9 Å². The Morgan fingerprint density at radius 2 is 1.84 bits per heavy atom. The van der Waals surface area contributed by atoms with Crippen molar-refractivity contribution in [3.63, 3.8) is 0 Å². The van der Waals surface area contributed by atoms with E-state index < -0.39 is 23.4 Å². The maximum absolute atomic E-state index is 13.9. The molecular formula is C27H40O5. The van der Waals surface area contributed by atoms with Gasteiger partial charge in [-0.05, 0) is 73.7 Å². The number of ketones is 1. The molecule has 4 unspecified atom stereocenters. The second-order valence-corrected chi connectivity index (χ2v) is 12.7. The van der Waals surface area contributed by atoms with Gasteiger partial charge in [-0.3, -0.25) is 4.79 Å². The fraction of sp³-hybridized carbons (Fsp3) is 0.889. The van der Waals surface area contributed by atoms with Crippen molar-refractivity contribution in [2.45, 2.75) is 96.7 Å². The Bertz CT molecular complexity index is 843. The molecule has 0 aromatic carbocycles. The molecule has 2 N–H and O–H groups in total. The van der Waals surface area contributed by atoms with Gasteiger partial charge in [0, 0.05) is 23.7 Å². The van der Waals surface area contributed by atoms with Gasteiger partial charge in [0.15, 0.2) is 11.6 Å². The number of aliphatic hydroxyl groups is 2. The van der Waals surface area contributed by atoms with Gasteiger partial charge < -0.3 is 19.7 Å². The number of rotatable bonds is 0. The molecule has 6 rings (SSSR count). The number of hydrogen-bond donors (Lipinski definition) is 2. The van der Waals surface area contributed by atoms with Gasteiger partial charge in [0.25, 0.3) is 0 Å². The van der Waals surface area contributed by atoms with Crippen molar-refractivity contribution >= 4 is 5.78 Å². The molecule has 0 aromatic heterocycles. The summed E-state index contributed by atoms with van der Waals surface area (Å²) in [5.41, 5.74) is 0.675. The first-order chi connectivity index (χ1) is 15.1. The lowest BCUT2D eigenvalue weighted by Gasteiger charge is -2.57. The molecule has 4 aliphatic carbocycles. The summed E-state index contributed by atoms with van der Waals surface area (Å²) in [6.07, 6.45) is 7.09. The van der Waals surface area contributed by atoms with Crippen LogP contribution in [0.4, 0.5) is 0 Å². The Kier molecular flexibility index (Phi) is 4.69.